The number of carbonyl (C=O) groups is 1. The van der Waals surface area contributed by atoms with Crippen LogP contribution in [0.2, 0.25) is 15.1 Å². The number of hydrogen-bond acceptors (Lipinski definition) is 3. The summed E-state index contributed by atoms with van der Waals surface area (Å²) in [4.78, 5) is 18.1. The molecule has 0 amide bonds. The number of aromatic nitrogens is 2. The Hall–Kier alpha value is -1.57. The zero-order valence-corrected chi connectivity index (χ0v) is 12.5. The maximum atomic E-state index is 12.6. The van der Waals surface area contributed by atoms with E-state index in [4.69, 9.17) is 39.9 Å². The van der Waals surface area contributed by atoms with Gasteiger partial charge in [0.05, 0.1) is 26.3 Å². The minimum Gasteiger partial charge on any atom is -0.476 e. The zero-order valence-electron chi connectivity index (χ0n) is 10.2. The SMILES string of the molecule is O=C(O)c1ncc(Cl)c(-c2ncc(C(F)(F)F)cc2Cl)c1Cl. The Morgan fingerprint density at radius 2 is 1.73 bits per heavy atom. The van der Waals surface area contributed by atoms with Crippen molar-refractivity contribution in [3.63, 3.8) is 0 Å². The molecule has 2 aromatic rings. The minimum atomic E-state index is -4.62. The van der Waals surface area contributed by atoms with Crippen molar-refractivity contribution in [2.24, 2.45) is 0 Å². The molecule has 0 bridgehead atoms. The van der Waals surface area contributed by atoms with Crippen molar-refractivity contribution in [2.45, 2.75) is 6.18 Å². The third-order valence-electron chi connectivity index (χ3n) is 2.58. The van der Waals surface area contributed by atoms with Gasteiger partial charge in [0, 0.05) is 18.0 Å². The van der Waals surface area contributed by atoms with Gasteiger partial charge in [-0.15, -0.1) is 0 Å². The standard InChI is InChI=1S/C12H4Cl3F3N2O2/c13-5-1-4(12(16,17)18)2-19-9(5)7-6(14)3-20-10(8(7)15)11(21)22/h1-3H,(H,21,22). The maximum Gasteiger partial charge on any atom is 0.417 e. The Morgan fingerprint density at radius 1 is 1.09 bits per heavy atom. The molecule has 116 valence electrons. The molecule has 2 heterocycles. The van der Waals surface area contributed by atoms with Gasteiger partial charge in [-0.25, -0.2) is 9.78 Å². The fourth-order valence-electron chi connectivity index (χ4n) is 1.61. The van der Waals surface area contributed by atoms with E-state index in [1.165, 1.54) is 0 Å². The summed E-state index contributed by atoms with van der Waals surface area (Å²) in [6, 6.07) is 0.650. The van der Waals surface area contributed by atoms with Gasteiger partial charge in [-0.1, -0.05) is 34.8 Å². The van der Waals surface area contributed by atoms with Gasteiger partial charge >= 0.3 is 12.1 Å². The number of halogens is 6. The molecule has 1 N–H and O–H groups in total. The van der Waals surface area contributed by atoms with Gasteiger partial charge in [0.1, 0.15) is 0 Å². The van der Waals surface area contributed by atoms with E-state index >= 15 is 0 Å². The quantitative estimate of drug-likeness (QED) is 0.822. The average molecular weight is 372 g/mol. The van der Waals surface area contributed by atoms with Crippen LogP contribution in [0, 0.1) is 0 Å². The predicted molar refractivity (Wildman–Crippen MR) is 74.5 cm³/mol. The van der Waals surface area contributed by atoms with Crippen LogP contribution in [-0.2, 0) is 6.18 Å². The Kier molecular flexibility index (Phi) is 4.51. The van der Waals surface area contributed by atoms with Gasteiger partial charge in [0.25, 0.3) is 0 Å². The van der Waals surface area contributed by atoms with E-state index in [2.05, 4.69) is 9.97 Å². The molecule has 10 heteroatoms. The largest absolute Gasteiger partial charge is 0.476 e. The van der Waals surface area contributed by atoms with Crippen molar-refractivity contribution in [1.29, 1.82) is 0 Å². The Bertz CT molecular complexity index is 766. The molecule has 4 nitrogen and oxygen atoms in total. The van der Waals surface area contributed by atoms with Crippen LogP contribution >= 0.6 is 34.8 Å². The number of carboxylic acids is 1. The second-order valence-electron chi connectivity index (χ2n) is 4.00. The summed E-state index contributed by atoms with van der Waals surface area (Å²) >= 11 is 17.6. The molecule has 0 aliphatic rings. The molecule has 0 radical (unpaired) electrons. The fourth-order valence-corrected chi connectivity index (χ4v) is 2.47. The number of aromatic carboxylic acids is 1. The summed E-state index contributed by atoms with van der Waals surface area (Å²) in [5.41, 5.74) is -1.84. The number of rotatable bonds is 2. The van der Waals surface area contributed by atoms with Crippen LogP contribution in [0.3, 0.4) is 0 Å². The highest BCUT2D eigenvalue weighted by Gasteiger charge is 2.32. The summed E-state index contributed by atoms with van der Waals surface area (Å²) in [5.74, 6) is -1.43. The first-order chi connectivity index (χ1) is 10.1. The van der Waals surface area contributed by atoms with Crippen molar-refractivity contribution < 1.29 is 23.1 Å². The van der Waals surface area contributed by atoms with E-state index < -0.39 is 23.4 Å². The Balaban J connectivity index is 2.67. The van der Waals surface area contributed by atoms with Crippen LogP contribution in [0.15, 0.2) is 18.5 Å². The normalized spacial score (nSPS) is 11.5. The highest BCUT2D eigenvalue weighted by molar-refractivity contribution is 6.42. The predicted octanol–water partition coefficient (Wildman–Crippen LogP) is 4.82. The summed E-state index contributed by atoms with van der Waals surface area (Å²) in [7, 11) is 0. The molecule has 2 rings (SSSR count). The van der Waals surface area contributed by atoms with E-state index in [9.17, 15) is 18.0 Å². The first kappa shape index (κ1) is 16.8. The molecule has 0 saturated heterocycles. The molecule has 0 unspecified atom stereocenters. The molecule has 0 spiro atoms. The van der Waals surface area contributed by atoms with Gasteiger partial charge in [-0.2, -0.15) is 13.2 Å². The first-order valence-corrected chi connectivity index (χ1v) is 6.56. The van der Waals surface area contributed by atoms with E-state index in [1.807, 2.05) is 0 Å². The third-order valence-corrected chi connectivity index (χ3v) is 3.52. The lowest BCUT2D eigenvalue weighted by atomic mass is 10.1. The van der Waals surface area contributed by atoms with Gasteiger partial charge in [0.15, 0.2) is 5.69 Å². The molecule has 0 aliphatic heterocycles. The van der Waals surface area contributed by atoms with Crippen molar-refractivity contribution in [3.05, 3.63) is 44.8 Å². The first-order valence-electron chi connectivity index (χ1n) is 5.43. The number of pyridine rings is 2. The Morgan fingerprint density at radius 3 is 2.23 bits per heavy atom. The van der Waals surface area contributed by atoms with Crippen molar-refractivity contribution in [1.82, 2.24) is 9.97 Å². The van der Waals surface area contributed by atoms with Crippen molar-refractivity contribution >= 4 is 40.8 Å². The van der Waals surface area contributed by atoms with Crippen LogP contribution < -0.4 is 0 Å². The van der Waals surface area contributed by atoms with Crippen LogP contribution in [0.4, 0.5) is 13.2 Å². The van der Waals surface area contributed by atoms with Crippen LogP contribution in [0.25, 0.3) is 11.3 Å². The Labute approximate surface area is 136 Å². The second kappa shape index (κ2) is 5.91. The monoisotopic (exact) mass is 370 g/mol. The van der Waals surface area contributed by atoms with E-state index in [-0.39, 0.29) is 26.3 Å². The molecule has 0 saturated carbocycles. The number of hydrogen-bond donors (Lipinski definition) is 1. The number of nitrogens with zero attached hydrogens (tertiary/aromatic N) is 2. The molecular weight excluding hydrogens is 367 g/mol. The van der Waals surface area contributed by atoms with Crippen LogP contribution in [-0.4, -0.2) is 21.0 Å². The topological polar surface area (TPSA) is 63.1 Å². The molecule has 0 aliphatic carbocycles. The van der Waals surface area contributed by atoms with E-state index in [0.29, 0.717) is 12.3 Å². The summed E-state index contributed by atoms with van der Waals surface area (Å²) < 4.78 is 37.8. The zero-order chi connectivity index (χ0) is 16.7. The lowest BCUT2D eigenvalue weighted by Crippen LogP contribution is -2.07. The number of alkyl halides is 3. The summed E-state index contributed by atoms with van der Waals surface area (Å²) in [6.07, 6.45) is -3.07. The van der Waals surface area contributed by atoms with Crippen molar-refractivity contribution in [3.8, 4) is 11.3 Å². The molecular formula is C12H4Cl3F3N2O2. The van der Waals surface area contributed by atoms with E-state index in [0.717, 1.165) is 6.20 Å². The van der Waals surface area contributed by atoms with Gasteiger partial charge < -0.3 is 5.11 Å². The average Bonchev–Trinajstić information content (AvgIpc) is 2.38. The lowest BCUT2D eigenvalue weighted by molar-refractivity contribution is -0.137. The van der Waals surface area contributed by atoms with Gasteiger partial charge in [0.2, 0.25) is 0 Å². The second-order valence-corrected chi connectivity index (χ2v) is 5.19. The highest BCUT2D eigenvalue weighted by Crippen LogP contribution is 2.40. The maximum absolute atomic E-state index is 12.6. The fraction of sp³-hybridized carbons (Fsp3) is 0.0833. The number of carboxylic acid groups (broad SMARTS) is 1. The molecule has 0 atom stereocenters. The lowest BCUT2D eigenvalue weighted by Gasteiger charge is -2.12. The molecule has 0 fully saturated rings. The smallest absolute Gasteiger partial charge is 0.417 e. The molecule has 22 heavy (non-hydrogen) atoms. The minimum absolute atomic E-state index is 0.0934. The van der Waals surface area contributed by atoms with E-state index in [1.54, 1.807) is 0 Å². The molecule has 0 aromatic carbocycles. The van der Waals surface area contributed by atoms with Crippen molar-refractivity contribution in [2.75, 3.05) is 0 Å². The van der Waals surface area contributed by atoms with Gasteiger partial charge in [-0.05, 0) is 6.07 Å². The highest BCUT2D eigenvalue weighted by atomic mass is 35.5. The van der Waals surface area contributed by atoms with Crippen LogP contribution in [0.5, 0.6) is 0 Å². The van der Waals surface area contributed by atoms with Crippen LogP contribution in [0.1, 0.15) is 16.1 Å². The molecule has 2 aromatic heterocycles. The van der Waals surface area contributed by atoms with Gasteiger partial charge in [-0.3, -0.25) is 4.98 Å². The summed E-state index contributed by atoms with van der Waals surface area (Å²) in [5, 5.41) is 8.12. The third kappa shape index (κ3) is 3.11. The summed E-state index contributed by atoms with van der Waals surface area (Å²) in [6.45, 7) is 0.